The monoisotopic (exact) mass is 332 g/mol. The second-order valence-electron chi connectivity index (χ2n) is 4.91. The highest BCUT2D eigenvalue weighted by atomic mass is 16.9. The van der Waals surface area contributed by atoms with Gasteiger partial charge < -0.3 is 21.0 Å². The van der Waals surface area contributed by atoms with Gasteiger partial charge in [-0.2, -0.15) is 0 Å². The molecule has 0 bridgehead atoms. The van der Waals surface area contributed by atoms with Crippen LogP contribution in [0.25, 0.3) is 0 Å². The smallest absolute Gasteiger partial charge is 0.294 e. The standard InChI is InChI=1S/C13H24N4O6/c14-13(15)16-7-4-6-12(22-10-18)9-11(19)5-2-1-3-8-23-17(20)21/h10,12H,1-9H2,(H4,14,15,16). The molecule has 10 heteroatoms. The number of nitrogens with zero attached hydrogens (tertiary/aromatic N) is 2. The lowest BCUT2D eigenvalue weighted by Crippen LogP contribution is -2.23. The quantitative estimate of drug-likeness (QED) is 0.108. The molecule has 0 aromatic carbocycles. The Bertz CT molecular complexity index is 398. The molecular formula is C13H24N4O6. The molecule has 0 radical (unpaired) electrons. The van der Waals surface area contributed by atoms with Crippen LogP contribution in [0.4, 0.5) is 0 Å². The van der Waals surface area contributed by atoms with Crippen LogP contribution in [0.5, 0.6) is 0 Å². The molecule has 0 spiro atoms. The number of hydrogen-bond acceptors (Lipinski definition) is 7. The van der Waals surface area contributed by atoms with Gasteiger partial charge in [-0.15, -0.1) is 10.1 Å². The lowest BCUT2D eigenvalue weighted by Gasteiger charge is -2.13. The summed E-state index contributed by atoms with van der Waals surface area (Å²) in [7, 11) is 0. The third kappa shape index (κ3) is 14.3. The zero-order valence-electron chi connectivity index (χ0n) is 13.0. The second-order valence-corrected chi connectivity index (χ2v) is 4.91. The number of ether oxygens (including phenoxy) is 1. The van der Waals surface area contributed by atoms with E-state index in [9.17, 15) is 19.7 Å². The molecule has 1 unspecified atom stereocenters. The van der Waals surface area contributed by atoms with Crippen molar-refractivity contribution in [2.24, 2.45) is 16.5 Å². The normalized spacial score (nSPS) is 11.3. The van der Waals surface area contributed by atoms with Gasteiger partial charge in [0.15, 0.2) is 5.96 Å². The molecule has 0 rings (SSSR count). The largest absolute Gasteiger partial charge is 0.464 e. The maximum atomic E-state index is 11.8. The molecule has 10 nitrogen and oxygen atoms in total. The van der Waals surface area contributed by atoms with Crippen molar-refractivity contribution in [3.05, 3.63) is 10.1 Å². The fourth-order valence-corrected chi connectivity index (χ4v) is 1.92. The zero-order valence-corrected chi connectivity index (χ0v) is 13.0. The van der Waals surface area contributed by atoms with Gasteiger partial charge in [0.2, 0.25) is 0 Å². The number of guanidine groups is 1. The van der Waals surface area contributed by atoms with Crippen LogP contribution in [0.3, 0.4) is 0 Å². The first-order chi connectivity index (χ1) is 11.0. The van der Waals surface area contributed by atoms with Crippen molar-refractivity contribution in [2.75, 3.05) is 13.2 Å². The van der Waals surface area contributed by atoms with E-state index >= 15 is 0 Å². The summed E-state index contributed by atoms with van der Waals surface area (Å²) in [5.74, 6) is -0.0242. The number of aliphatic imine (C=N–C) groups is 1. The van der Waals surface area contributed by atoms with Gasteiger partial charge in [0, 0.05) is 19.4 Å². The maximum Gasteiger partial charge on any atom is 0.294 e. The number of carbonyl (C=O) groups is 2. The van der Waals surface area contributed by atoms with Crippen molar-refractivity contribution >= 4 is 18.2 Å². The van der Waals surface area contributed by atoms with Gasteiger partial charge in [-0.25, -0.2) is 0 Å². The Morgan fingerprint density at radius 1 is 1.26 bits per heavy atom. The summed E-state index contributed by atoms with van der Waals surface area (Å²) in [4.78, 5) is 40.2. The van der Waals surface area contributed by atoms with Crippen molar-refractivity contribution < 1.29 is 24.3 Å². The molecule has 0 aromatic heterocycles. The highest BCUT2D eigenvalue weighted by molar-refractivity contribution is 5.79. The third-order valence-electron chi connectivity index (χ3n) is 2.98. The fourth-order valence-electron chi connectivity index (χ4n) is 1.92. The van der Waals surface area contributed by atoms with E-state index in [2.05, 4.69) is 9.83 Å². The predicted octanol–water partition coefficient (Wildman–Crippen LogP) is 0.309. The van der Waals surface area contributed by atoms with Gasteiger partial charge in [-0.3, -0.25) is 14.6 Å². The summed E-state index contributed by atoms with van der Waals surface area (Å²) in [6.07, 6.45) is 2.88. The van der Waals surface area contributed by atoms with Crippen molar-refractivity contribution in [1.82, 2.24) is 0 Å². The Labute approximate surface area is 134 Å². The first-order valence-electron chi connectivity index (χ1n) is 7.39. The summed E-state index contributed by atoms with van der Waals surface area (Å²) in [5.41, 5.74) is 10.4. The van der Waals surface area contributed by atoms with Crippen molar-refractivity contribution in [1.29, 1.82) is 0 Å². The molecule has 0 saturated carbocycles. The van der Waals surface area contributed by atoms with Gasteiger partial charge in [0.25, 0.3) is 11.6 Å². The van der Waals surface area contributed by atoms with Crippen molar-refractivity contribution in [2.45, 2.75) is 51.0 Å². The highest BCUT2D eigenvalue weighted by Gasteiger charge is 2.14. The maximum absolute atomic E-state index is 11.8. The van der Waals surface area contributed by atoms with Gasteiger partial charge in [-0.05, 0) is 25.7 Å². The topological polar surface area (TPSA) is 160 Å². The molecule has 0 aromatic rings. The summed E-state index contributed by atoms with van der Waals surface area (Å²) >= 11 is 0. The highest BCUT2D eigenvalue weighted by Crippen LogP contribution is 2.11. The SMILES string of the molecule is NC(N)=NCCCC(CC(=O)CCCCCO[N+](=O)[O-])OC=O. The summed E-state index contributed by atoms with van der Waals surface area (Å²) in [6.45, 7) is 0.766. The van der Waals surface area contributed by atoms with Crippen LogP contribution >= 0.6 is 0 Å². The number of hydrogen-bond donors (Lipinski definition) is 2. The number of carbonyl (C=O) groups excluding carboxylic acids is 2. The van der Waals surface area contributed by atoms with Crippen LogP contribution in [0.2, 0.25) is 0 Å². The minimum atomic E-state index is -0.838. The van der Waals surface area contributed by atoms with Crippen LogP contribution in [-0.2, 0) is 19.2 Å². The van der Waals surface area contributed by atoms with Gasteiger partial charge in [0.1, 0.15) is 11.9 Å². The average Bonchev–Trinajstić information content (AvgIpc) is 2.46. The Kier molecular flexibility index (Phi) is 11.9. The molecule has 23 heavy (non-hydrogen) atoms. The first-order valence-corrected chi connectivity index (χ1v) is 7.39. The van der Waals surface area contributed by atoms with E-state index in [-0.39, 0.29) is 24.8 Å². The minimum absolute atomic E-state index is 0.00464. The van der Waals surface area contributed by atoms with Gasteiger partial charge in [0.05, 0.1) is 6.61 Å². The van der Waals surface area contributed by atoms with Crippen LogP contribution < -0.4 is 11.5 Å². The molecule has 0 aliphatic rings. The van der Waals surface area contributed by atoms with E-state index in [0.29, 0.717) is 51.5 Å². The summed E-state index contributed by atoms with van der Waals surface area (Å²) in [5, 5.41) is 9.09. The Morgan fingerprint density at radius 3 is 2.61 bits per heavy atom. The average molecular weight is 332 g/mol. The number of rotatable bonds is 15. The summed E-state index contributed by atoms with van der Waals surface area (Å²) in [6, 6.07) is 0. The first kappa shape index (κ1) is 20.6. The van der Waals surface area contributed by atoms with Crippen LogP contribution in [0.1, 0.15) is 44.9 Å². The molecule has 4 N–H and O–H groups in total. The molecule has 0 amide bonds. The predicted molar refractivity (Wildman–Crippen MR) is 81.9 cm³/mol. The number of nitrogens with two attached hydrogens (primary N) is 2. The molecule has 0 heterocycles. The molecule has 1 atom stereocenters. The van der Waals surface area contributed by atoms with E-state index in [4.69, 9.17) is 16.2 Å². The second kappa shape index (κ2) is 13.3. The lowest BCUT2D eigenvalue weighted by atomic mass is 10.0. The third-order valence-corrected chi connectivity index (χ3v) is 2.98. The van der Waals surface area contributed by atoms with E-state index < -0.39 is 11.2 Å². The molecular weight excluding hydrogens is 308 g/mol. The molecule has 0 aliphatic heterocycles. The van der Waals surface area contributed by atoms with Gasteiger partial charge >= 0.3 is 0 Å². The lowest BCUT2D eigenvalue weighted by molar-refractivity contribution is -0.757. The van der Waals surface area contributed by atoms with E-state index in [1.807, 2.05) is 0 Å². The Balaban J connectivity index is 3.84. The van der Waals surface area contributed by atoms with E-state index in [1.54, 1.807) is 0 Å². The minimum Gasteiger partial charge on any atom is -0.464 e. The van der Waals surface area contributed by atoms with Crippen molar-refractivity contribution in [3.8, 4) is 0 Å². The van der Waals surface area contributed by atoms with E-state index in [0.717, 1.165) is 0 Å². The number of Topliss-reactive ketones (excluding diaryl/α,β-unsaturated/α-hetero) is 1. The number of ketones is 1. The van der Waals surface area contributed by atoms with Crippen LogP contribution in [0.15, 0.2) is 4.99 Å². The Morgan fingerprint density at radius 2 is 2.00 bits per heavy atom. The van der Waals surface area contributed by atoms with Crippen molar-refractivity contribution in [3.63, 3.8) is 0 Å². The molecule has 0 aliphatic carbocycles. The Hall–Kier alpha value is -2.39. The summed E-state index contributed by atoms with van der Waals surface area (Å²) < 4.78 is 4.88. The zero-order chi connectivity index (χ0) is 17.5. The van der Waals surface area contributed by atoms with Crippen LogP contribution in [-0.4, -0.2) is 42.6 Å². The molecule has 132 valence electrons. The van der Waals surface area contributed by atoms with E-state index in [1.165, 1.54) is 0 Å². The molecule has 0 saturated heterocycles. The van der Waals surface area contributed by atoms with Crippen LogP contribution in [0, 0.1) is 10.1 Å². The fraction of sp³-hybridized carbons (Fsp3) is 0.769. The van der Waals surface area contributed by atoms with Gasteiger partial charge in [-0.1, -0.05) is 6.42 Å². The molecule has 0 fully saturated rings. The number of unbranched alkanes of at least 4 members (excludes halogenated alkanes) is 2.